The molecule has 0 saturated carbocycles. The first-order valence-electron chi connectivity index (χ1n) is 38.6. The van der Waals surface area contributed by atoms with Gasteiger partial charge in [-0.2, -0.15) is 23.5 Å². The molecule has 3 saturated heterocycles. The summed E-state index contributed by atoms with van der Waals surface area (Å²) in [5.41, 5.74) is 13.3. The molecule has 9 atom stereocenters. The number of amides is 11. The first kappa shape index (κ1) is 94.9. The second kappa shape index (κ2) is 52.7. The van der Waals surface area contributed by atoms with Crippen molar-refractivity contribution in [1.29, 1.82) is 0 Å². The standard InChI is InChI=1S/C76H116N14O21S2/c1-4-5-18-57(82-65(94)24-23-64(93)79-25-12-35-109-37-39-111-40-38-110-36-13-26-80-66(95)44-86-29-31-87(45-67(96)97)33-34-88(32-30-86)46-68(98)99)71(102)81-43-56(74(105)90-28-11-20-62(90)75(106)89-27-10-19-61(89)69(78)100)49-112-47-54-16-9-17-55(41-54)48-113-50-60(76(107)108)85-73(104)59(42-53-14-7-6-8-15-53)84-72(103)58(21-22-63(77)92)83-70(101)51(2)52(3)91/h6-9,14-17,41,43,51-52,56-62,91H,4-5,10-13,18-40,42,44-50H2,1-3H3,(H2,77,92)(H2,78,100)(H,79,93)(H,80,95)(H,82,94)(H,83,101)(H,84,103)(H,85,104)(H,96,97)(H,98,99)(H,107,108)/t51-,52+,56?,57-,58-,59-,60?,61-,62-/m0/s1. The molecule has 113 heavy (non-hydrogen) atoms. The van der Waals surface area contributed by atoms with E-state index in [4.69, 9.17) is 25.7 Å². The topological polar surface area (TPSA) is 500 Å². The zero-order valence-corrected chi connectivity index (χ0v) is 66.6. The van der Waals surface area contributed by atoms with Gasteiger partial charge in [0.1, 0.15) is 36.3 Å². The van der Waals surface area contributed by atoms with E-state index in [0.29, 0.717) is 160 Å². The largest absolute Gasteiger partial charge is 0.480 e. The summed E-state index contributed by atoms with van der Waals surface area (Å²) < 4.78 is 16.8. The zero-order chi connectivity index (χ0) is 82.6. The van der Waals surface area contributed by atoms with Crippen molar-refractivity contribution < 1.29 is 102 Å². The zero-order valence-electron chi connectivity index (χ0n) is 65.0. The minimum absolute atomic E-state index is 0.0737. The Morgan fingerprint density at radius 1 is 0.549 bits per heavy atom. The number of rotatable bonds is 53. The number of nitrogens with two attached hydrogens (primary N) is 2. The summed E-state index contributed by atoms with van der Waals surface area (Å²) in [4.78, 5) is 195. The van der Waals surface area contributed by atoms with E-state index in [2.05, 4.69) is 36.9 Å². The van der Waals surface area contributed by atoms with E-state index in [1.807, 2.05) is 36.1 Å². The van der Waals surface area contributed by atoms with Gasteiger partial charge < -0.3 is 87.8 Å². The molecule has 0 bridgehead atoms. The van der Waals surface area contributed by atoms with Crippen LogP contribution in [0.1, 0.15) is 121 Å². The number of aliphatic imine (C=N–C) groups is 1. The van der Waals surface area contributed by atoms with E-state index in [-0.39, 0.29) is 94.6 Å². The number of benzene rings is 2. The van der Waals surface area contributed by atoms with E-state index < -0.39 is 125 Å². The molecule has 2 unspecified atom stereocenters. The third kappa shape index (κ3) is 37.0. The van der Waals surface area contributed by atoms with Crippen LogP contribution in [0.5, 0.6) is 0 Å². The highest BCUT2D eigenvalue weighted by atomic mass is 32.2. The molecular formula is C76H116N14O21S2. The Morgan fingerprint density at radius 2 is 1.06 bits per heavy atom. The van der Waals surface area contributed by atoms with Crippen LogP contribution in [0.25, 0.3) is 0 Å². The highest BCUT2D eigenvalue weighted by Crippen LogP contribution is 2.28. The monoisotopic (exact) mass is 1620 g/mol. The number of carbonyl (C=O) groups excluding carboxylic acids is 11. The quantitative estimate of drug-likeness (QED) is 0.0293. The van der Waals surface area contributed by atoms with E-state index in [1.165, 1.54) is 53.4 Å². The van der Waals surface area contributed by atoms with Gasteiger partial charge in [-0.15, -0.1) is 0 Å². The summed E-state index contributed by atoms with van der Waals surface area (Å²) in [6.45, 7) is 10.2. The van der Waals surface area contributed by atoms with Crippen LogP contribution in [0.15, 0.2) is 59.6 Å². The average Bonchev–Trinajstić information content (AvgIpc) is 1.67. The first-order valence-corrected chi connectivity index (χ1v) is 41.0. The summed E-state index contributed by atoms with van der Waals surface area (Å²) in [5.74, 6) is -11.1. The van der Waals surface area contributed by atoms with Gasteiger partial charge in [0.2, 0.25) is 59.1 Å². The van der Waals surface area contributed by atoms with E-state index in [0.717, 1.165) is 11.1 Å². The molecule has 628 valence electrons. The number of carboxylic acid groups (broad SMARTS) is 3. The van der Waals surface area contributed by atoms with Crippen LogP contribution in [-0.4, -0.2) is 313 Å². The van der Waals surface area contributed by atoms with Crippen LogP contribution < -0.4 is 43.4 Å². The number of nitrogens with zero attached hydrogens (tertiary/aromatic N) is 6. The summed E-state index contributed by atoms with van der Waals surface area (Å²) >= 11 is 2.57. The molecule has 37 heteroatoms. The molecule has 0 spiro atoms. The summed E-state index contributed by atoms with van der Waals surface area (Å²) in [6.07, 6.45) is 3.46. The number of carboxylic acids is 3. The lowest BCUT2D eigenvalue weighted by molar-refractivity contribution is -0.146. The fourth-order valence-corrected chi connectivity index (χ4v) is 14.6. The van der Waals surface area contributed by atoms with Crippen LogP contribution in [0.2, 0.25) is 0 Å². The van der Waals surface area contributed by atoms with Crippen molar-refractivity contribution >= 4 is 113 Å². The third-order valence-corrected chi connectivity index (χ3v) is 21.4. The Morgan fingerprint density at radius 3 is 1.62 bits per heavy atom. The number of unbranched alkanes of at least 4 members (excludes halogenated alkanes) is 1. The molecule has 0 aliphatic carbocycles. The van der Waals surface area contributed by atoms with Gasteiger partial charge in [0.15, 0.2) is 0 Å². The summed E-state index contributed by atoms with van der Waals surface area (Å²) in [5, 5.41) is 55.0. The number of carbonyl (C=O) groups is 14. The fraction of sp³-hybridized carbons (Fsp3) is 0.645. The fourth-order valence-electron chi connectivity index (χ4n) is 12.6. The number of aliphatic hydroxyl groups is 1. The van der Waals surface area contributed by atoms with Crippen molar-refractivity contribution in [2.45, 2.75) is 165 Å². The van der Waals surface area contributed by atoms with Crippen LogP contribution in [0.3, 0.4) is 0 Å². The number of thioether (sulfide) groups is 2. The number of primary amides is 2. The van der Waals surface area contributed by atoms with Gasteiger partial charge in [0.25, 0.3) is 5.91 Å². The number of aliphatic hydroxyl groups excluding tert-OH is 1. The number of ether oxygens (including phenoxy) is 3. The highest BCUT2D eigenvalue weighted by Gasteiger charge is 2.43. The number of hydrogen-bond donors (Lipinski definition) is 12. The van der Waals surface area contributed by atoms with Gasteiger partial charge in [0.05, 0.1) is 64.0 Å². The maximum atomic E-state index is 14.8. The Labute approximate surface area is 668 Å². The van der Waals surface area contributed by atoms with Crippen molar-refractivity contribution in [3.63, 3.8) is 0 Å². The number of likely N-dealkylation sites (tertiary alicyclic amines) is 2. The SMILES string of the molecule is CCCC[C@H](NC(=O)CCC(=O)NCCCOCCOCCOCCCNC(=O)CN1CCN(CC(=O)O)CCN(CC(=O)O)CC1)C(=O)N=CC(CSCc1cccc(CSCC(NC(=O)[C@H](Cc2ccccc2)NC(=O)[C@H](CCC(N)=O)NC(=O)[C@@H](C)[C@@H](C)O)C(=O)O)c1)C(=O)N1CCC[C@H]1C(=O)N1CCC[C@H]1C(N)=O. The van der Waals surface area contributed by atoms with E-state index in [9.17, 15) is 87.5 Å². The smallest absolute Gasteiger partial charge is 0.327 e. The Hall–Kier alpha value is -8.69. The normalized spacial score (nSPS) is 17.6. The Bertz CT molecular complexity index is 3430. The van der Waals surface area contributed by atoms with Gasteiger partial charge in [-0.3, -0.25) is 77.0 Å². The number of nitrogens with one attached hydrogen (secondary N) is 6. The third-order valence-electron chi connectivity index (χ3n) is 19.1. The lowest BCUT2D eigenvalue weighted by atomic mass is 10.0. The Balaban J connectivity index is 1.08. The van der Waals surface area contributed by atoms with Crippen molar-refractivity contribution in [3.05, 3.63) is 71.3 Å². The maximum absolute atomic E-state index is 14.8. The molecular weight excluding hydrogens is 1510 g/mol. The van der Waals surface area contributed by atoms with E-state index in [1.54, 1.807) is 40.1 Å². The Kier molecular flexibility index (Phi) is 44.2. The minimum Gasteiger partial charge on any atom is -0.480 e. The summed E-state index contributed by atoms with van der Waals surface area (Å²) in [6, 6.07) is 9.14. The van der Waals surface area contributed by atoms with Crippen molar-refractivity contribution in [1.82, 2.24) is 56.4 Å². The van der Waals surface area contributed by atoms with Gasteiger partial charge in [0, 0.05) is 134 Å². The van der Waals surface area contributed by atoms with E-state index >= 15 is 0 Å². The molecule has 5 rings (SSSR count). The van der Waals surface area contributed by atoms with Crippen LogP contribution >= 0.6 is 23.5 Å². The number of hydrogen-bond acceptors (Lipinski definition) is 23. The van der Waals surface area contributed by atoms with Gasteiger partial charge in [-0.05, 0) is 75.0 Å². The maximum Gasteiger partial charge on any atom is 0.327 e. The van der Waals surface area contributed by atoms with Crippen LogP contribution in [0.4, 0.5) is 0 Å². The molecule has 14 N–H and O–H groups in total. The lowest BCUT2D eigenvalue weighted by Crippen LogP contribution is -2.57. The molecule has 2 aromatic rings. The molecule has 11 amide bonds. The second-order valence-corrected chi connectivity index (χ2v) is 30.3. The van der Waals surface area contributed by atoms with Crippen molar-refractivity contribution in [2.75, 3.05) is 136 Å². The first-order chi connectivity index (χ1) is 54.1. The van der Waals surface area contributed by atoms with Crippen LogP contribution in [0, 0.1) is 11.8 Å². The molecule has 3 fully saturated rings. The molecule has 3 aliphatic rings. The van der Waals surface area contributed by atoms with Crippen LogP contribution in [-0.2, 0) is 99.3 Å². The molecule has 35 nitrogen and oxygen atoms in total. The lowest BCUT2D eigenvalue weighted by Gasteiger charge is -2.31. The second-order valence-electron chi connectivity index (χ2n) is 28.2. The minimum atomic E-state index is -1.43. The van der Waals surface area contributed by atoms with Crippen molar-refractivity contribution in [3.8, 4) is 0 Å². The molecule has 0 aromatic heterocycles. The average molecular weight is 1630 g/mol. The number of aliphatic carboxylic acids is 3. The van der Waals surface area contributed by atoms with Gasteiger partial charge >= 0.3 is 17.9 Å². The van der Waals surface area contributed by atoms with Crippen molar-refractivity contribution in [2.24, 2.45) is 28.3 Å². The van der Waals surface area contributed by atoms with Gasteiger partial charge in [-0.25, -0.2) is 9.79 Å². The summed E-state index contributed by atoms with van der Waals surface area (Å²) in [7, 11) is 0. The molecule has 2 aromatic carbocycles. The highest BCUT2D eigenvalue weighted by molar-refractivity contribution is 7.98. The molecule has 3 heterocycles. The predicted molar refractivity (Wildman–Crippen MR) is 420 cm³/mol. The van der Waals surface area contributed by atoms with Gasteiger partial charge in [-0.1, -0.05) is 81.3 Å². The molecule has 0 radical (unpaired) electrons. The molecule has 3 aliphatic heterocycles. The predicted octanol–water partition coefficient (Wildman–Crippen LogP) is -0.496.